The summed E-state index contributed by atoms with van der Waals surface area (Å²) in [4.78, 5) is 0. The first-order valence-electron chi connectivity index (χ1n) is 3.72. The van der Waals surface area contributed by atoms with Gasteiger partial charge in [-0.1, -0.05) is 0 Å². The van der Waals surface area contributed by atoms with Crippen LogP contribution < -0.4 is 10.2 Å². The van der Waals surface area contributed by atoms with Gasteiger partial charge in [-0.2, -0.15) is 0 Å². The second kappa shape index (κ2) is 4.59. The Kier molecular flexibility index (Phi) is 3.68. The largest absolute Gasteiger partial charge is 0.506 e. The van der Waals surface area contributed by atoms with Crippen LogP contribution in [0.4, 0.5) is 4.39 Å². The number of phenolic OH excluding ortho intramolecular Hbond substituents is 1. The zero-order chi connectivity index (χ0) is 10.7. The summed E-state index contributed by atoms with van der Waals surface area (Å²) in [7, 11) is 1.30. The first-order chi connectivity index (χ1) is 6.61. The lowest BCUT2D eigenvalue weighted by molar-refractivity contribution is 0.160. The molecule has 78 valence electrons. The van der Waals surface area contributed by atoms with Crippen LogP contribution in [-0.4, -0.2) is 17.4 Å². The van der Waals surface area contributed by atoms with E-state index in [0.717, 1.165) is 6.07 Å². The van der Waals surface area contributed by atoms with E-state index in [9.17, 15) is 9.50 Å². The van der Waals surface area contributed by atoms with E-state index in [0.29, 0.717) is 0 Å². The minimum absolute atomic E-state index is 0.0503. The van der Waals surface area contributed by atoms with Gasteiger partial charge in [0.05, 0.1) is 7.11 Å². The number of benzene rings is 1. The van der Waals surface area contributed by atoms with Crippen molar-refractivity contribution in [1.29, 1.82) is 0 Å². The fraction of sp³-hybridized carbons (Fsp3) is 0.250. The Labute approximate surface area is 88.4 Å². The summed E-state index contributed by atoms with van der Waals surface area (Å²) in [6.45, 7) is -0.0503. The van der Waals surface area contributed by atoms with E-state index >= 15 is 0 Å². The van der Waals surface area contributed by atoms with Crippen molar-refractivity contribution in [2.45, 2.75) is 6.54 Å². The molecule has 6 heteroatoms. The van der Waals surface area contributed by atoms with Gasteiger partial charge in [-0.15, -0.1) is 0 Å². The molecule has 4 nitrogen and oxygen atoms in total. The smallest absolute Gasteiger partial charge is 0.172 e. The van der Waals surface area contributed by atoms with E-state index in [2.05, 4.69) is 15.9 Å². The maximum atomic E-state index is 13.2. The fourth-order valence-electron chi connectivity index (χ4n) is 1.05. The second-order valence-corrected chi connectivity index (χ2v) is 3.34. The number of phenols is 1. The van der Waals surface area contributed by atoms with Crippen LogP contribution in [-0.2, 0) is 6.54 Å². The number of hydrogen-bond acceptors (Lipinski definition) is 4. The summed E-state index contributed by atoms with van der Waals surface area (Å²) in [6, 6.07) is 1.09. The minimum Gasteiger partial charge on any atom is -0.506 e. The summed E-state index contributed by atoms with van der Waals surface area (Å²) in [6.07, 6.45) is 0. The molecular formula is C8H9BrFNO3. The Morgan fingerprint density at radius 2 is 2.29 bits per heavy atom. The van der Waals surface area contributed by atoms with Crippen molar-refractivity contribution in [1.82, 2.24) is 5.48 Å². The number of methoxy groups -OCH3 is 1. The molecule has 0 heterocycles. The molecule has 14 heavy (non-hydrogen) atoms. The highest BCUT2D eigenvalue weighted by molar-refractivity contribution is 9.10. The summed E-state index contributed by atoms with van der Waals surface area (Å²) < 4.78 is 18.1. The highest BCUT2D eigenvalue weighted by Crippen LogP contribution is 2.38. The van der Waals surface area contributed by atoms with E-state index in [1.54, 1.807) is 0 Å². The van der Waals surface area contributed by atoms with Crippen molar-refractivity contribution in [2.24, 2.45) is 0 Å². The van der Waals surface area contributed by atoms with Gasteiger partial charge in [-0.25, -0.2) is 9.87 Å². The Bertz CT molecular complexity index is 346. The number of ether oxygens (including phenoxy) is 1. The lowest BCUT2D eigenvalue weighted by atomic mass is 10.2. The molecule has 0 aromatic heterocycles. The number of nitrogens with one attached hydrogen (secondary N) is 1. The maximum Gasteiger partial charge on any atom is 0.172 e. The molecule has 1 aromatic rings. The van der Waals surface area contributed by atoms with Gasteiger partial charge in [0, 0.05) is 12.1 Å². The van der Waals surface area contributed by atoms with Gasteiger partial charge in [-0.3, -0.25) is 0 Å². The predicted octanol–water partition coefficient (Wildman–Crippen LogP) is 1.78. The highest BCUT2D eigenvalue weighted by atomic mass is 79.9. The maximum absolute atomic E-state index is 13.2. The lowest BCUT2D eigenvalue weighted by Crippen LogP contribution is -2.07. The average molecular weight is 266 g/mol. The number of halogens is 2. The van der Waals surface area contributed by atoms with Crippen molar-refractivity contribution < 1.29 is 19.4 Å². The fourth-order valence-corrected chi connectivity index (χ4v) is 1.65. The van der Waals surface area contributed by atoms with Gasteiger partial charge in [-0.05, 0) is 22.0 Å². The molecular weight excluding hydrogens is 257 g/mol. The third-order valence-electron chi connectivity index (χ3n) is 1.70. The van der Waals surface area contributed by atoms with Gasteiger partial charge in [0.1, 0.15) is 10.2 Å². The molecule has 0 aliphatic heterocycles. The lowest BCUT2D eigenvalue weighted by Gasteiger charge is -2.10. The van der Waals surface area contributed by atoms with Crippen LogP contribution in [0.5, 0.6) is 11.5 Å². The van der Waals surface area contributed by atoms with Crippen LogP contribution in [0.2, 0.25) is 0 Å². The van der Waals surface area contributed by atoms with Gasteiger partial charge in [0.25, 0.3) is 0 Å². The molecule has 0 bridgehead atoms. The Morgan fingerprint density at radius 3 is 2.79 bits per heavy atom. The zero-order valence-electron chi connectivity index (χ0n) is 7.34. The SMILES string of the molecule is COc1c(F)cc(CNO)c(O)c1Br. The van der Waals surface area contributed by atoms with Crippen LogP contribution in [0.15, 0.2) is 10.5 Å². The molecule has 0 unspecified atom stereocenters. The molecule has 0 saturated carbocycles. The van der Waals surface area contributed by atoms with Crippen LogP contribution in [0.1, 0.15) is 5.56 Å². The molecule has 0 amide bonds. The van der Waals surface area contributed by atoms with Crippen LogP contribution >= 0.6 is 15.9 Å². The van der Waals surface area contributed by atoms with Crippen molar-refractivity contribution in [3.8, 4) is 11.5 Å². The standard InChI is InChI=1S/C8H9BrFNO3/c1-14-8-5(10)2-4(3-11-13)7(12)6(8)9/h2,11-13H,3H2,1H3. The Morgan fingerprint density at radius 1 is 1.64 bits per heavy atom. The first-order valence-corrected chi connectivity index (χ1v) is 4.52. The van der Waals surface area contributed by atoms with Gasteiger partial charge >= 0.3 is 0 Å². The Balaban J connectivity index is 3.25. The molecule has 0 fully saturated rings. The quantitative estimate of drug-likeness (QED) is 0.730. The monoisotopic (exact) mass is 265 g/mol. The normalized spacial score (nSPS) is 10.3. The van der Waals surface area contributed by atoms with Crippen molar-refractivity contribution in [2.75, 3.05) is 7.11 Å². The average Bonchev–Trinajstić information content (AvgIpc) is 2.15. The van der Waals surface area contributed by atoms with E-state index in [-0.39, 0.29) is 28.1 Å². The highest BCUT2D eigenvalue weighted by Gasteiger charge is 2.16. The molecule has 0 atom stereocenters. The molecule has 1 rings (SSSR count). The molecule has 0 aliphatic carbocycles. The molecule has 0 spiro atoms. The topological polar surface area (TPSA) is 61.7 Å². The van der Waals surface area contributed by atoms with Crippen LogP contribution in [0, 0.1) is 5.82 Å². The minimum atomic E-state index is -0.609. The number of hydroxylamine groups is 1. The molecule has 0 aliphatic rings. The van der Waals surface area contributed by atoms with Crippen LogP contribution in [0.3, 0.4) is 0 Å². The first kappa shape index (κ1) is 11.2. The Hall–Kier alpha value is -0.850. The molecule has 0 saturated heterocycles. The summed E-state index contributed by atoms with van der Waals surface area (Å²) in [5.41, 5.74) is 2.06. The summed E-state index contributed by atoms with van der Waals surface area (Å²) in [5, 5.41) is 17.9. The number of aromatic hydroxyl groups is 1. The third-order valence-corrected chi connectivity index (χ3v) is 2.44. The summed E-state index contributed by atoms with van der Waals surface area (Å²) in [5.74, 6) is -0.837. The molecule has 1 aromatic carbocycles. The predicted molar refractivity (Wildman–Crippen MR) is 50.9 cm³/mol. The van der Waals surface area contributed by atoms with Crippen molar-refractivity contribution in [3.63, 3.8) is 0 Å². The van der Waals surface area contributed by atoms with E-state index in [4.69, 9.17) is 9.94 Å². The zero-order valence-corrected chi connectivity index (χ0v) is 8.93. The van der Waals surface area contributed by atoms with Crippen molar-refractivity contribution in [3.05, 3.63) is 21.9 Å². The van der Waals surface area contributed by atoms with Gasteiger partial charge < -0.3 is 15.1 Å². The van der Waals surface area contributed by atoms with E-state index in [1.165, 1.54) is 7.11 Å². The number of rotatable bonds is 3. The van der Waals surface area contributed by atoms with E-state index in [1.807, 2.05) is 5.48 Å². The number of hydrogen-bond donors (Lipinski definition) is 3. The van der Waals surface area contributed by atoms with Gasteiger partial charge in [0.15, 0.2) is 11.6 Å². The van der Waals surface area contributed by atoms with Crippen molar-refractivity contribution >= 4 is 15.9 Å². The van der Waals surface area contributed by atoms with Crippen LogP contribution in [0.25, 0.3) is 0 Å². The molecule has 0 radical (unpaired) electrons. The third kappa shape index (κ3) is 1.97. The van der Waals surface area contributed by atoms with Gasteiger partial charge in [0.2, 0.25) is 0 Å². The van der Waals surface area contributed by atoms with E-state index < -0.39 is 5.82 Å². The molecule has 3 N–H and O–H groups in total. The second-order valence-electron chi connectivity index (χ2n) is 2.55. The summed E-state index contributed by atoms with van der Waals surface area (Å²) >= 11 is 2.99.